The maximum absolute atomic E-state index is 11.0. The van der Waals surface area contributed by atoms with Gasteiger partial charge in [-0.2, -0.15) is 0 Å². The molecule has 0 bridgehead atoms. The van der Waals surface area contributed by atoms with Crippen molar-refractivity contribution in [3.8, 4) is 0 Å². The molecule has 5 nitrogen and oxygen atoms in total. The van der Waals surface area contributed by atoms with Crippen molar-refractivity contribution in [2.45, 2.75) is 32.4 Å². The van der Waals surface area contributed by atoms with Gasteiger partial charge in [0.15, 0.2) is 6.04 Å². The van der Waals surface area contributed by atoms with Crippen LogP contribution in [0.15, 0.2) is 23.2 Å². The normalized spacial score (nSPS) is 18.5. The minimum absolute atomic E-state index is 0.00128. The minimum atomic E-state index is -0.875. The maximum Gasteiger partial charge on any atom is 0.329 e. The highest BCUT2D eigenvalue weighted by molar-refractivity contribution is 8.15. The number of benzene rings is 1. The highest BCUT2D eigenvalue weighted by atomic mass is 32.2. The van der Waals surface area contributed by atoms with Gasteiger partial charge in [0.05, 0.1) is 10.2 Å². The number of hydrogen-bond donors (Lipinski definition) is 2. The zero-order valence-electron chi connectivity index (χ0n) is 12.6. The predicted octanol–water partition coefficient (Wildman–Crippen LogP) is 3.45. The van der Waals surface area contributed by atoms with Crippen molar-refractivity contribution in [2.24, 2.45) is 4.99 Å². The topological polar surface area (TPSA) is 74.6 Å². The highest BCUT2D eigenvalue weighted by Crippen LogP contribution is 2.31. The Balaban J connectivity index is 1.90. The number of thiazole rings is 1. The third-order valence-corrected chi connectivity index (χ3v) is 5.24. The van der Waals surface area contributed by atoms with Crippen LogP contribution in [-0.2, 0) is 4.79 Å². The summed E-state index contributed by atoms with van der Waals surface area (Å²) in [5, 5.41) is 14.0. The van der Waals surface area contributed by atoms with Crippen LogP contribution in [-0.4, -0.2) is 38.4 Å². The molecule has 2 heterocycles. The molecule has 0 spiro atoms. The number of nitrogens with zero attached hydrogens (tertiary/aromatic N) is 2. The quantitative estimate of drug-likeness (QED) is 0.898. The van der Waals surface area contributed by atoms with Gasteiger partial charge in [0, 0.05) is 17.0 Å². The number of carboxylic acids is 1. The van der Waals surface area contributed by atoms with Crippen LogP contribution in [0, 0.1) is 0 Å². The van der Waals surface area contributed by atoms with E-state index in [4.69, 9.17) is 5.11 Å². The van der Waals surface area contributed by atoms with Crippen LogP contribution >= 0.6 is 23.1 Å². The van der Waals surface area contributed by atoms with Crippen LogP contribution in [0.4, 0.5) is 5.69 Å². The molecule has 0 amide bonds. The summed E-state index contributed by atoms with van der Waals surface area (Å²) < 4.78 is 1.08. The molecule has 0 saturated carbocycles. The van der Waals surface area contributed by atoms with Gasteiger partial charge in [-0.1, -0.05) is 0 Å². The van der Waals surface area contributed by atoms with Gasteiger partial charge in [0.25, 0.3) is 0 Å². The number of hydrogen-bond acceptors (Lipinski definition) is 6. The van der Waals surface area contributed by atoms with E-state index in [2.05, 4.69) is 42.1 Å². The van der Waals surface area contributed by atoms with E-state index in [1.165, 1.54) is 11.8 Å². The zero-order chi connectivity index (χ0) is 15.9. The summed E-state index contributed by atoms with van der Waals surface area (Å²) in [4.78, 5) is 19.8. The van der Waals surface area contributed by atoms with E-state index >= 15 is 0 Å². The van der Waals surface area contributed by atoms with Gasteiger partial charge in [-0.05, 0) is 39.0 Å². The fraction of sp³-hybridized carbons (Fsp3) is 0.400. The molecule has 7 heteroatoms. The lowest BCUT2D eigenvalue weighted by Crippen LogP contribution is -2.25. The van der Waals surface area contributed by atoms with Crippen LogP contribution in [0.1, 0.15) is 25.8 Å². The van der Waals surface area contributed by atoms with Gasteiger partial charge in [-0.15, -0.1) is 23.1 Å². The second kappa shape index (κ2) is 5.55. The molecule has 1 aliphatic heterocycles. The standard InChI is InChI=1S/C15H17N3O2S2/c1-15(2,3)18-8-4-5-9-11(6-8)22-13(16-9)12-17-10(7-21-12)14(19)20/h4-6,10,18H,7H2,1-3H3,(H,19,20)/t10-/m1/s1. The molecule has 1 aliphatic rings. The smallest absolute Gasteiger partial charge is 0.329 e. The van der Waals surface area contributed by atoms with Crippen molar-refractivity contribution in [1.29, 1.82) is 0 Å². The molecule has 116 valence electrons. The van der Waals surface area contributed by atoms with Gasteiger partial charge < -0.3 is 10.4 Å². The van der Waals surface area contributed by atoms with Crippen molar-refractivity contribution in [3.05, 3.63) is 23.2 Å². The van der Waals surface area contributed by atoms with E-state index in [9.17, 15) is 4.79 Å². The number of aliphatic imine (C=N–C) groups is 1. The summed E-state index contributed by atoms with van der Waals surface area (Å²) >= 11 is 3.02. The zero-order valence-corrected chi connectivity index (χ0v) is 14.2. The molecule has 22 heavy (non-hydrogen) atoms. The summed E-state index contributed by atoms with van der Waals surface area (Å²) in [5.41, 5.74) is 1.97. The van der Waals surface area contributed by atoms with Gasteiger partial charge in [0.1, 0.15) is 10.1 Å². The van der Waals surface area contributed by atoms with Crippen LogP contribution < -0.4 is 5.32 Å². The molecular weight excluding hydrogens is 318 g/mol. The molecule has 2 N–H and O–H groups in total. The second-order valence-electron chi connectivity index (χ2n) is 6.18. The number of fused-ring (bicyclic) bond motifs is 1. The van der Waals surface area contributed by atoms with Crippen molar-refractivity contribution < 1.29 is 9.90 Å². The predicted molar refractivity (Wildman–Crippen MR) is 93.4 cm³/mol. The third-order valence-electron chi connectivity index (χ3n) is 3.03. The SMILES string of the molecule is CC(C)(C)Nc1ccc2nc(C3=N[C@@H](C(=O)O)CS3)sc2c1. The summed E-state index contributed by atoms with van der Waals surface area (Å²) in [6.45, 7) is 6.35. The molecule has 0 saturated heterocycles. The molecular formula is C15H17N3O2S2. The molecule has 1 aromatic carbocycles. The van der Waals surface area contributed by atoms with Crippen molar-refractivity contribution in [2.75, 3.05) is 11.1 Å². The number of thioether (sulfide) groups is 1. The Morgan fingerprint density at radius 2 is 2.18 bits per heavy atom. The number of aromatic nitrogens is 1. The lowest BCUT2D eigenvalue weighted by atomic mass is 10.1. The van der Waals surface area contributed by atoms with Crippen molar-refractivity contribution in [1.82, 2.24) is 4.98 Å². The summed E-state index contributed by atoms with van der Waals surface area (Å²) in [6.07, 6.45) is 0. The average Bonchev–Trinajstić information content (AvgIpc) is 3.02. The monoisotopic (exact) mass is 335 g/mol. The van der Waals surface area contributed by atoms with Gasteiger partial charge in [-0.3, -0.25) is 4.99 Å². The lowest BCUT2D eigenvalue weighted by molar-refractivity contribution is -0.137. The van der Waals surface area contributed by atoms with E-state index in [0.29, 0.717) is 5.75 Å². The van der Waals surface area contributed by atoms with Gasteiger partial charge in [0.2, 0.25) is 0 Å². The van der Waals surface area contributed by atoms with Crippen molar-refractivity contribution >= 4 is 50.0 Å². The Morgan fingerprint density at radius 3 is 2.82 bits per heavy atom. The molecule has 1 aromatic heterocycles. The first kappa shape index (κ1) is 15.3. The molecule has 0 radical (unpaired) electrons. The number of carboxylic acid groups (broad SMARTS) is 1. The van der Waals surface area contributed by atoms with Crippen LogP contribution in [0.3, 0.4) is 0 Å². The fourth-order valence-electron chi connectivity index (χ4n) is 2.14. The van der Waals surface area contributed by atoms with Crippen LogP contribution in [0.25, 0.3) is 10.2 Å². The molecule has 0 unspecified atom stereocenters. The second-order valence-corrected chi connectivity index (χ2v) is 8.22. The van der Waals surface area contributed by atoms with Crippen LogP contribution in [0.2, 0.25) is 0 Å². The number of nitrogens with one attached hydrogen (secondary N) is 1. The number of aliphatic carboxylic acids is 1. The Hall–Kier alpha value is -1.60. The molecule has 0 fully saturated rings. The highest BCUT2D eigenvalue weighted by Gasteiger charge is 2.26. The van der Waals surface area contributed by atoms with Crippen molar-refractivity contribution in [3.63, 3.8) is 0 Å². The summed E-state index contributed by atoms with van der Waals surface area (Å²) in [6, 6.07) is 5.43. The minimum Gasteiger partial charge on any atom is -0.480 e. The van der Waals surface area contributed by atoms with E-state index in [0.717, 1.165) is 26.0 Å². The van der Waals surface area contributed by atoms with Gasteiger partial charge >= 0.3 is 5.97 Å². The Bertz CT molecular complexity index is 762. The van der Waals surface area contributed by atoms with E-state index in [1.54, 1.807) is 11.3 Å². The Kier molecular flexibility index (Phi) is 3.86. The first-order valence-electron chi connectivity index (χ1n) is 6.94. The first-order chi connectivity index (χ1) is 10.3. The van der Waals surface area contributed by atoms with E-state index in [-0.39, 0.29) is 5.54 Å². The number of rotatable bonds is 3. The molecule has 2 aromatic rings. The van der Waals surface area contributed by atoms with Gasteiger partial charge in [-0.25, -0.2) is 9.78 Å². The molecule has 0 aliphatic carbocycles. The van der Waals surface area contributed by atoms with E-state index in [1.807, 2.05) is 12.1 Å². The van der Waals surface area contributed by atoms with Crippen LogP contribution in [0.5, 0.6) is 0 Å². The third kappa shape index (κ3) is 3.25. The largest absolute Gasteiger partial charge is 0.480 e. The Morgan fingerprint density at radius 1 is 1.41 bits per heavy atom. The molecule has 3 rings (SSSR count). The summed E-state index contributed by atoms with van der Waals surface area (Å²) in [5.74, 6) is -0.391. The lowest BCUT2D eigenvalue weighted by Gasteiger charge is -2.21. The fourth-order valence-corrected chi connectivity index (χ4v) is 4.25. The average molecular weight is 335 g/mol. The summed E-state index contributed by atoms with van der Waals surface area (Å²) in [7, 11) is 0. The first-order valence-corrected chi connectivity index (χ1v) is 8.74. The number of carbonyl (C=O) groups is 1. The van der Waals surface area contributed by atoms with E-state index < -0.39 is 12.0 Å². The molecule has 1 atom stereocenters. The number of anilines is 1. The maximum atomic E-state index is 11.0. The Labute approximate surface area is 136 Å².